The van der Waals surface area contributed by atoms with E-state index in [2.05, 4.69) is 10.8 Å². The quantitative estimate of drug-likeness (QED) is 0.692. The van der Waals surface area contributed by atoms with Crippen LogP contribution in [0.4, 0.5) is 0 Å². The minimum absolute atomic E-state index is 1.07. The number of hydrogen-bond donors (Lipinski definition) is 2. The first-order valence-corrected chi connectivity index (χ1v) is 5.05. The average molecular weight is 210 g/mol. The van der Waals surface area contributed by atoms with E-state index < -0.39 is 0 Å². The van der Waals surface area contributed by atoms with Crippen LogP contribution in [0.5, 0.6) is 0 Å². The van der Waals surface area contributed by atoms with Crippen LogP contribution in [0.1, 0.15) is 0 Å². The summed E-state index contributed by atoms with van der Waals surface area (Å²) in [6.45, 7) is 0. The Hall–Kier alpha value is -1.04. The largest absolute Gasteiger partial charge is 0.333 e. The van der Waals surface area contributed by atoms with E-state index in [0.29, 0.717) is 0 Å². The Morgan fingerprint density at radius 1 is 1.36 bits per heavy atom. The smallest absolute Gasteiger partial charge is 0.0679 e. The summed E-state index contributed by atoms with van der Waals surface area (Å²) in [5.74, 6) is 0. The molecule has 0 fully saturated rings. The fourth-order valence-corrected chi connectivity index (χ4v) is 1.56. The predicted molar refractivity (Wildman–Crippen MR) is 60.9 cm³/mol. The van der Waals surface area contributed by atoms with Gasteiger partial charge in [-0.15, -0.1) is 0 Å². The molecule has 0 saturated carbocycles. The van der Waals surface area contributed by atoms with Crippen LogP contribution in [-0.2, 0) is 7.05 Å². The second-order valence-corrected chi connectivity index (χ2v) is 3.31. The van der Waals surface area contributed by atoms with E-state index in [1.54, 1.807) is 0 Å². The fraction of sp³-hybridized carbons (Fsp3) is 0.222. The maximum Gasteiger partial charge on any atom is 0.0679 e. The maximum atomic E-state index is 5.44. The van der Waals surface area contributed by atoms with Crippen molar-refractivity contribution in [3.63, 3.8) is 0 Å². The fourth-order valence-electron chi connectivity index (χ4n) is 1.22. The highest BCUT2D eigenvalue weighted by Crippen LogP contribution is 2.19. The number of hydrogen-bond acceptors (Lipinski definition) is 4. The van der Waals surface area contributed by atoms with Crippen LogP contribution in [0.15, 0.2) is 29.3 Å². The van der Waals surface area contributed by atoms with Gasteiger partial charge in [0.05, 0.1) is 11.7 Å². The van der Waals surface area contributed by atoms with Crippen molar-refractivity contribution in [3.8, 4) is 0 Å². The monoisotopic (exact) mass is 210 g/mol. The maximum absolute atomic E-state index is 5.44. The van der Waals surface area contributed by atoms with Crippen molar-refractivity contribution in [3.05, 3.63) is 24.4 Å². The van der Waals surface area contributed by atoms with Gasteiger partial charge in [-0.05, 0) is 37.2 Å². The third-order valence-electron chi connectivity index (χ3n) is 1.85. The van der Waals surface area contributed by atoms with Crippen LogP contribution in [0.3, 0.4) is 0 Å². The van der Waals surface area contributed by atoms with Gasteiger partial charge in [0.15, 0.2) is 0 Å². The van der Waals surface area contributed by atoms with Crippen LogP contribution in [0.2, 0.25) is 0 Å². The summed E-state index contributed by atoms with van der Waals surface area (Å²) in [5, 5.41) is 10.7. The van der Waals surface area contributed by atoms with E-state index in [0.717, 1.165) is 15.8 Å². The molecule has 0 aliphatic rings. The second-order valence-electron chi connectivity index (χ2n) is 2.61. The van der Waals surface area contributed by atoms with Gasteiger partial charge < -0.3 is 5.73 Å². The van der Waals surface area contributed by atoms with Crippen LogP contribution in [-0.4, -0.2) is 16.8 Å². The Labute approximate surface area is 87.4 Å². The number of nitrogens with two attached hydrogens (primary N) is 2. The minimum atomic E-state index is 1.07. The Balaban J connectivity index is 0.000000461. The molecule has 0 bridgehead atoms. The standard InChI is InChI=1S/C8H9N3S.CH5N/c1-11-8-3-2-7(12-9)4-6(8)5-10-11;1-2/h2-5H,9H2,1H3;2H2,1H3. The van der Waals surface area contributed by atoms with Crippen LogP contribution < -0.4 is 10.9 Å². The van der Waals surface area contributed by atoms with Crippen molar-refractivity contribution in [2.75, 3.05) is 7.05 Å². The number of fused-ring (bicyclic) bond motifs is 1. The molecular weight excluding hydrogens is 196 g/mol. The lowest BCUT2D eigenvalue weighted by Gasteiger charge is -1.96. The van der Waals surface area contributed by atoms with Crippen LogP contribution in [0.25, 0.3) is 10.9 Å². The summed E-state index contributed by atoms with van der Waals surface area (Å²) in [5.41, 5.74) is 5.63. The molecule has 2 aromatic rings. The highest BCUT2D eigenvalue weighted by molar-refractivity contribution is 7.97. The molecule has 4 N–H and O–H groups in total. The third-order valence-corrected chi connectivity index (χ3v) is 2.38. The number of rotatable bonds is 1. The summed E-state index contributed by atoms with van der Waals surface area (Å²) >= 11 is 1.26. The molecule has 0 saturated heterocycles. The molecule has 0 aliphatic carbocycles. The summed E-state index contributed by atoms with van der Waals surface area (Å²) in [7, 11) is 3.43. The molecule has 0 unspecified atom stereocenters. The van der Waals surface area contributed by atoms with Gasteiger partial charge >= 0.3 is 0 Å². The van der Waals surface area contributed by atoms with E-state index in [9.17, 15) is 0 Å². The number of aromatic nitrogens is 2. The molecule has 2 rings (SSSR count). The molecule has 1 aromatic carbocycles. The van der Waals surface area contributed by atoms with Crippen LogP contribution in [0, 0.1) is 0 Å². The molecule has 1 heterocycles. The minimum Gasteiger partial charge on any atom is -0.333 e. The highest BCUT2D eigenvalue weighted by atomic mass is 32.2. The Morgan fingerprint density at radius 2 is 2.07 bits per heavy atom. The first kappa shape index (κ1) is 11.0. The highest BCUT2D eigenvalue weighted by Gasteiger charge is 1.99. The SMILES string of the molecule is CN.Cn1ncc2cc(SN)ccc21. The zero-order valence-electron chi connectivity index (χ0n) is 8.27. The van der Waals surface area contributed by atoms with Gasteiger partial charge in [-0.3, -0.25) is 9.82 Å². The Morgan fingerprint density at radius 3 is 2.71 bits per heavy atom. The third kappa shape index (κ3) is 2.06. The summed E-state index contributed by atoms with van der Waals surface area (Å²) in [4.78, 5) is 1.07. The van der Waals surface area contributed by atoms with Gasteiger partial charge in [-0.2, -0.15) is 5.10 Å². The molecular formula is C9H14N4S. The molecule has 4 nitrogen and oxygen atoms in total. The second kappa shape index (κ2) is 4.99. The molecule has 0 amide bonds. The van der Waals surface area contributed by atoms with Crippen molar-refractivity contribution in [2.24, 2.45) is 17.9 Å². The Kier molecular flexibility index (Phi) is 3.94. The lowest BCUT2D eigenvalue weighted by atomic mass is 10.3. The van der Waals surface area contributed by atoms with E-state index in [4.69, 9.17) is 5.14 Å². The molecule has 76 valence electrons. The molecule has 0 atom stereocenters. The first-order valence-electron chi connectivity index (χ1n) is 4.17. The van der Waals surface area contributed by atoms with E-state index >= 15 is 0 Å². The number of nitrogens with zero attached hydrogens (tertiary/aromatic N) is 2. The van der Waals surface area contributed by atoms with Gasteiger partial charge in [-0.25, -0.2) is 0 Å². The topological polar surface area (TPSA) is 69.9 Å². The Bertz CT molecular complexity index is 410. The summed E-state index contributed by atoms with van der Waals surface area (Å²) < 4.78 is 1.85. The van der Waals surface area contributed by atoms with Gasteiger partial charge in [0.1, 0.15) is 0 Å². The van der Waals surface area contributed by atoms with E-state index in [1.807, 2.05) is 36.1 Å². The van der Waals surface area contributed by atoms with Crippen molar-refractivity contribution >= 4 is 22.9 Å². The zero-order valence-corrected chi connectivity index (χ0v) is 9.08. The number of benzene rings is 1. The molecule has 0 radical (unpaired) electrons. The molecule has 14 heavy (non-hydrogen) atoms. The van der Waals surface area contributed by atoms with E-state index in [1.165, 1.54) is 19.0 Å². The van der Waals surface area contributed by atoms with Gasteiger partial charge in [-0.1, -0.05) is 0 Å². The average Bonchev–Trinajstić information content (AvgIpc) is 2.63. The first-order chi connectivity index (χ1) is 6.81. The molecule has 0 aliphatic heterocycles. The van der Waals surface area contributed by atoms with Crippen molar-refractivity contribution in [1.29, 1.82) is 0 Å². The van der Waals surface area contributed by atoms with Crippen LogP contribution >= 0.6 is 11.9 Å². The van der Waals surface area contributed by atoms with Gasteiger partial charge in [0.2, 0.25) is 0 Å². The lowest BCUT2D eigenvalue weighted by molar-refractivity contribution is 0.797. The number of aryl methyl sites for hydroxylation is 1. The molecule has 1 aromatic heterocycles. The normalized spacial score (nSPS) is 9.71. The van der Waals surface area contributed by atoms with Crippen molar-refractivity contribution < 1.29 is 0 Å². The predicted octanol–water partition coefficient (Wildman–Crippen LogP) is 1.11. The van der Waals surface area contributed by atoms with Gasteiger partial charge in [0.25, 0.3) is 0 Å². The summed E-state index contributed by atoms with van der Waals surface area (Å²) in [6, 6.07) is 6.05. The summed E-state index contributed by atoms with van der Waals surface area (Å²) in [6.07, 6.45) is 1.84. The molecule has 0 spiro atoms. The van der Waals surface area contributed by atoms with E-state index in [-0.39, 0.29) is 0 Å². The zero-order chi connectivity index (χ0) is 10.6. The molecule has 5 heteroatoms. The lowest BCUT2D eigenvalue weighted by Crippen LogP contribution is -1.88. The van der Waals surface area contributed by atoms with Crippen molar-refractivity contribution in [2.45, 2.75) is 4.90 Å². The van der Waals surface area contributed by atoms with Gasteiger partial charge in [0, 0.05) is 17.3 Å². The van der Waals surface area contributed by atoms with Crippen molar-refractivity contribution in [1.82, 2.24) is 9.78 Å².